The van der Waals surface area contributed by atoms with Crippen molar-refractivity contribution in [1.82, 2.24) is 10.6 Å². The van der Waals surface area contributed by atoms with Crippen LogP contribution in [0, 0.1) is 11.8 Å². The summed E-state index contributed by atoms with van der Waals surface area (Å²) in [6, 6.07) is 0. The zero-order chi connectivity index (χ0) is 21.8. The molecule has 0 aromatic heterocycles. The van der Waals surface area contributed by atoms with Gasteiger partial charge in [-0.1, -0.05) is 38.3 Å². The summed E-state index contributed by atoms with van der Waals surface area (Å²) in [5.41, 5.74) is 0. The molecule has 0 spiro atoms. The minimum Gasteiger partial charge on any atom is -0.481 e. The summed E-state index contributed by atoms with van der Waals surface area (Å²) < 4.78 is 6.07. The number of carbonyl (C=O) groups excluding carboxylic acids is 2. The average Bonchev–Trinajstić information content (AvgIpc) is 3.32. The van der Waals surface area contributed by atoms with Gasteiger partial charge in [0.15, 0.2) is 0 Å². The van der Waals surface area contributed by atoms with E-state index in [0.29, 0.717) is 31.2 Å². The van der Waals surface area contributed by atoms with Gasteiger partial charge in [0.1, 0.15) is 0 Å². The third-order valence-electron chi connectivity index (χ3n) is 6.17. The minimum atomic E-state index is -0.756. The smallest absolute Gasteiger partial charge is 0.303 e. The number of amides is 2. The number of nitrogens with one attached hydrogen (secondary N) is 2. The molecule has 7 nitrogen and oxygen atoms in total. The molecule has 0 radical (unpaired) electrons. The van der Waals surface area contributed by atoms with Gasteiger partial charge < -0.3 is 20.5 Å². The van der Waals surface area contributed by atoms with Crippen LogP contribution in [0.1, 0.15) is 77.6 Å². The Morgan fingerprint density at radius 3 is 2.43 bits per heavy atom. The molecule has 2 amide bonds. The molecule has 0 aromatic carbocycles. The number of fused-ring (bicyclic) bond motifs is 2. The van der Waals surface area contributed by atoms with Crippen LogP contribution in [0.25, 0.3) is 0 Å². The van der Waals surface area contributed by atoms with E-state index in [2.05, 4.69) is 29.7 Å². The van der Waals surface area contributed by atoms with E-state index in [9.17, 15) is 14.4 Å². The van der Waals surface area contributed by atoms with Crippen LogP contribution in [0.3, 0.4) is 0 Å². The molecule has 30 heavy (non-hydrogen) atoms. The van der Waals surface area contributed by atoms with E-state index >= 15 is 0 Å². The van der Waals surface area contributed by atoms with E-state index in [0.717, 1.165) is 51.4 Å². The summed E-state index contributed by atoms with van der Waals surface area (Å²) in [7, 11) is 0. The Labute approximate surface area is 180 Å². The highest BCUT2D eigenvalue weighted by Crippen LogP contribution is 2.44. The van der Waals surface area contributed by atoms with Crippen LogP contribution in [0.15, 0.2) is 12.2 Å². The standard InChI is InChI=1S/C23H38N2O5/c1-2-3-4-8-11-21(26)25-16-22(27)24-15-18-17(19-13-14-20(18)30-19)10-7-5-6-9-12-23(28)29/h5,7,17-20H,2-4,6,8-16H2,1H3,(H,24,27)(H,25,26)(H,28,29)/b7-5-/t17-,18-,19-,20-/m0/s1. The molecule has 2 rings (SSSR count). The zero-order valence-corrected chi connectivity index (χ0v) is 18.2. The van der Waals surface area contributed by atoms with Crippen molar-refractivity contribution in [2.24, 2.45) is 11.8 Å². The van der Waals surface area contributed by atoms with Crippen LogP contribution in [0.4, 0.5) is 0 Å². The topological polar surface area (TPSA) is 105 Å². The quantitative estimate of drug-likeness (QED) is 0.278. The molecule has 0 saturated carbocycles. The average molecular weight is 423 g/mol. The lowest BCUT2D eigenvalue weighted by molar-refractivity contribution is -0.137. The Morgan fingerprint density at radius 1 is 0.933 bits per heavy atom. The molecule has 2 aliphatic heterocycles. The van der Waals surface area contributed by atoms with Crippen molar-refractivity contribution >= 4 is 17.8 Å². The number of carboxylic acid groups (broad SMARTS) is 1. The molecule has 2 bridgehead atoms. The van der Waals surface area contributed by atoms with Crippen LogP contribution in [0.5, 0.6) is 0 Å². The van der Waals surface area contributed by atoms with Crippen molar-refractivity contribution in [3.8, 4) is 0 Å². The lowest BCUT2D eigenvalue weighted by Gasteiger charge is -2.27. The van der Waals surface area contributed by atoms with Crippen LogP contribution >= 0.6 is 0 Å². The first-order valence-electron chi connectivity index (χ1n) is 11.6. The minimum absolute atomic E-state index is 0.0302. The Balaban J connectivity index is 1.66. The maximum Gasteiger partial charge on any atom is 0.303 e. The predicted molar refractivity (Wildman–Crippen MR) is 115 cm³/mol. The molecular weight excluding hydrogens is 384 g/mol. The maximum absolute atomic E-state index is 12.2. The van der Waals surface area contributed by atoms with E-state index in [-0.39, 0.29) is 37.0 Å². The molecule has 7 heteroatoms. The van der Waals surface area contributed by atoms with Crippen LogP contribution in [-0.2, 0) is 19.1 Å². The first kappa shape index (κ1) is 24.4. The van der Waals surface area contributed by atoms with Crippen molar-refractivity contribution in [3.63, 3.8) is 0 Å². The summed E-state index contributed by atoms with van der Waals surface area (Å²) in [5, 5.41) is 14.4. The lowest BCUT2D eigenvalue weighted by atomic mass is 9.77. The molecular formula is C23H38N2O5. The Bertz CT molecular complexity index is 592. The molecule has 170 valence electrons. The van der Waals surface area contributed by atoms with Gasteiger partial charge >= 0.3 is 5.97 Å². The van der Waals surface area contributed by atoms with Crippen molar-refractivity contribution in [2.75, 3.05) is 13.1 Å². The second-order valence-corrected chi connectivity index (χ2v) is 8.50. The van der Waals surface area contributed by atoms with E-state index in [1.54, 1.807) is 0 Å². The van der Waals surface area contributed by atoms with Gasteiger partial charge in [0.25, 0.3) is 0 Å². The van der Waals surface area contributed by atoms with Crippen molar-refractivity contribution in [3.05, 3.63) is 12.2 Å². The Kier molecular flexibility index (Phi) is 10.9. The normalized spacial score (nSPS) is 25.0. The molecule has 2 saturated heterocycles. The van der Waals surface area contributed by atoms with Crippen molar-refractivity contribution < 1.29 is 24.2 Å². The molecule has 0 unspecified atom stereocenters. The number of unbranched alkanes of at least 4 members (excludes halogenated alkanes) is 4. The number of aliphatic carboxylic acids is 1. The summed E-state index contributed by atoms with van der Waals surface area (Å²) in [6.45, 7) is 2.74. The van der Waals surface area contributed by atoms with E-state index in [4.69, 9.17) is 9.84 Å². The maximum atomic E-state index is 12.2. The summed E-state index contributed by atoms with van der Waals surface area (Å²) in [5.74, 6) is -0.291. The zero-order valence-electron chi connectivity index (χ0n) is 18.2. The van der Waals surface area contributed by atoms with Crippen LogP contribution in [-0.4, -0.2) is 48.2 Å². The van der Waals surface area contributed by atoms with E-state index in [1.807, 2.05) is 0 Å². The molecule has 0 aliphatic carbocycles. The fourth-order valence-corrected chi connectivity index (χ4v) is 4.50. The largest absolute Gasteiger partial charge is 0.481 e. The lowest BCUT2D eigenvalue weighted by Crippen LogP contribution is -2.42. The first-order chi connectivity index (χ1) is 14.5. The number of ether oxygens (including phenoxy) is 1. The molecule has 3 N–H and O–H groups in total. The van der Waals surface area contributed by atoms with E-state index in [1.165, 1.54) is 0 Å². The van der Waals surface area contributed by atoms with Gasteiger partial charge in [0.2, 0.25) is 11.8 Å². The highest BCUT2D eigenvalue weighted by atomic mass is 16.5. The second-order valence-electron chi connectivity index (χ2n) is 8.50. The number of carboxylic acids is 1. The third-order valence-corrected chi connectivity index (χ3v) is 6.17. The Hall–Kier alpha value is -1.89. The van der Waals surface area contributed by atoms with Crippen molar-refractivity contribution in [2.45, 2.75) is 89.8 Å². The molecule has 4 atom stereocenters. The first-order valence-corrected chi connectivity index (χ1v) is 11.6. The fourth-order valence-electron chi connectivity index (χ4n) is 4.50. The molecule has 0 aromatic rings. The summed E-state index contributed by atoms with van der Waals surface area (Å²) >= 11 is 0. The SMILES string of the molecule is CCCCCCC(=O)NCC(=O)NC[C@H]1[C@H](C/C=C\CCCC(=O)O)[C@@H]2CC[C@@H]1O2. The highest BCUT2D eigenvalue weighted by Gasteiger charge is 2.47. The van der Waals surface area contributed by atoms with Crippen LogP contribution < -0.4 is 10.6 Å². The fraction of sp³-hybridized carbons (Fsp3) is 0.783. The summed E-state index contributed by atoms with van der Waals surface area (Å²) in [6.07, 6.45) is 13.9. The number of hydrogen-bond donors (Lipinski definition) is 3. The monoisotopic (exact) mass is 422 g/mol. The molecule has 2 heterocycles. The van der Waals surface area contributed by atoms with Gasteiger partial charge in [-0.3, -0.25) is 14.4 Å². The van der Waals surface area contributed by atoms with Gasteiger partial charge in [0.05, 0.1) is 18.8 Å². The predicted octanol–water partition coefficient (Wildman–Crippen LogP) is 3.18. The van der Waals surface area contributed by atoms with Gasteiger partial charge in [-0.15, -0.1) is 0 Å². The second kappa shape index (κ2) is 13.4. The molecule has 2 fully saturated rings. The number of carbonyl (C=O) groups is 3. The molecule has 2 aliphatic rings. The number of hydrogen-bond acceptors (Lipinski definition) is 4. The highest BCUT2D eigenvalue weighted by molar-refractivity contribution is 5.84. The van der Waals surface area contributed by atoms with Gasteiger partial charge in [-0.2, -0.15) is 0 Å². The van der Waals surface area contributed by atoms with Gasteiger partial charge in [0, 0.05) is 25.3 Å². The van der Waals surface area contributed by atoms with E-state index < -0.39 is 5.97 Å². The van der Waals surface area contributed by atoms with Crippen LogP contribution in [0.2, 0.25) is 0 Å². The van der Waals surface area contributed by atoms with Gasteiger partial charge in [-0.05, 0) is 44.4 Å². The Morgan fingerprint density at radius 2 is 1.70 bits per heavy atom. The number of allylic oxidation sites excluding steroid dienone is 2. The van der Waals surface area contributed by atoms with Crippen molar-refractivity contribution in [1.29, 1.82) is 0 Å². The third kappa shape index (κ3) is 8.46. The number of rotatable bonds is 15. The summed E-state index contributed by atoms with van der Waals surface area (Å²) in [4.78, 5) is 34.5. The van der Waals surface area contributed by atoms with Gasteiger partial charge in [-0.25, -0.2) is 0 Å².